The molecule has 5 heteroatoms. The predicted octanol–water partition coefficient (Wildman–Crippen LogP) is 6.30. The number of para-hydroxylation sites is 1. The number of aryl methyl sites for hydroxylation is 2. The third-order valence-electron chi connectivity index (χ3n) is 4.83. The molecule has 0 aliphatic rings. The average Bonchev–Trinajstić information content (AvgIpc) is 2.68. The van der Waals surface area contributed by atoms with Crippen molar-refractivity contribution in [1.29, 1.82) is 0 Å². The second-order valence-electron chi connectivity index (χ2n) is 7.26. The van der Waals surface area contributed by atoms with E-state index in [1.807, 2.05) is 56.3 Å². The molecule has 0 fully saturated rings. The lowest BCUT2D eigenvalue weighted by Crippen LogP contribution is -2.10. The summed E-state index contributed by atoms with van der Waals surface area (Å²) in [7, 11) is 0. The maximum atomic E-state index is 12.9. The number of pyridine rings is 1. The van der Waals surface area contributed by atoms with E-state index in [1.54, 1.807) is 6.07 Å². The zero-order chi connectivity index (χ0) is 20.5. The Labute approximate surface area is 174 Å². The summed E-state index contributed by atoms with van der Waals surface area (Å²) in [6.45, 7) is 5.90. The molecule has 29 heavy (non-hydrogen) atoms. The lowest BCUT2D eigenvalue weighted by molar-refractivity contribution is 0.610. The Kier molecular flexibility index (Phi) is 5.12. The molecule has 4 rings (SSSR count). The molecule has 2 aromatic heterocycles. The number of hydrogen-bond donors (Lipinski definition) is 1. The van der Waals surface area contributed by atoms with Crippen LogP contribution in [0.4, 0.5) is 5.69 Å². The summed E-state index contributed by atoms with van der Waals surface area (Å²) in [6, 6.07) is 18.9. The Morgan fingerprint density at radius 2 is 1.79 bits per heavy atom. The number of halogens is 1. The van der Waals surface area contributed by atoms with E-state index >= 15 is 0 Å². The minimum Gasteiger partial charge on any atom is -0.455 e. The van der Waals surface area contributed by atoms with Gasteiger partial charge in [0.05, 0.1) is 11.4 Å². The number of nitrogens with zero attached hydrogens (tertiary/aromatic N) is 1. The van der Waals surface area contributed by atoms with Gasteiger partial charge in [-0.2, -0.15) is 0 Å². The van der Waals surface area contributed by atoms with Crippen LogP contribution in [0.5, 0.6) is 0 Å². The van der Waals surface area contributed by atoms with E-state index in [4.69, 9.17) is 16.0 Å². The normalized spacial score (nSPS) is 12.1. The Morgan fingerprint density at radius 1 is 1.03 bits per heavy atom. The van der Waals surface area contributed by atoms with Crippen LogP contribution in [0.1, 0.15) is 29.8 Å². The van der Waals surface area contributed by atoms with Gasteiger partial charge >= 0.3 is 0 Å². The molecule has 0 spiro atoms. The number of anilines is 1. The van der Waals surface area contributed by atoms with Crippen molar-refractivity contribution in [3.05, 3.63) is 92.9 Å². The van der Waals surface area contributed by atoms with Gasteiger partial charge in [0.25, 0.3) is 0 Å². The van der Waals surface area contributed by atoms with Gasteiger partial charge in [-0.1, -0.05) is 35.9 Å². The monoisotopic (exact) mass is 404 g/mol. The quantitative estimate of drug-likeness (QED) is 0.405. The van der Waals surface area contributed by atoms with Crippen LogP contribution in [0.15, 0.2) is 69.9 Å². The average molecular weight is 405 g/mol. The van der Waals surface area contributed by atoms with Gasteiger partial charge in [-0.05, 0) is 56.7 Å². The first-order chi connectivity index (χ1) is 13.9. The molecule has 0 bridgehead atoms. The molecule has 1 N–H and O–H groups in total. The van der Waals surface area contributed by atoms with Crippen molar-refractivity contribution >= 4 is 28.3 Å². The van der Waals surface area contributed by atoms with Crippen LogP contribution in [0.3, 0.4) is 0 Å². The van der Waals surface area contributed by atoms with Gasteiger partial charge in [0.1, 0.15) is 16.5 Å². The van der Waals surface area contributed by atoms with Crippen LogP contribution in [0.2, 0.25) is 5.15 Å². The Balaban J connectivity index is 1.88. The number of fused-ring (bicyclic) bond motifs is 1. The van der Waals surface area contributed by atoms with E-state index < -0.39 is 0 Å². The number of aromatic nitrogens is 1. The van der Waals surface area contributed by atoms with Gasteiger partial charge < -0.3 is 9.73 Å². The van der Waals surface area contributed by atoms with E-state index in [0.717, 1.165) is 28.1 Å². The smallest absolute Gasteiger partial charge is 0.193 e. The number of nitrogens with one attached hydrogen (secondary N) is 1. The molecule has 1 atom stereocenters. The molecule has 1 unspecified atom stereocenters. The van der Waals surface area contributed by atoms with Crippen molar-refractivity contribution < 1.29 is 4.42 Å². The van der Waals surface area contributed by atoms with Gasteiger partial charge in [0.15, 0.2) is 5.43 Å². The van der Waals surface area contributed by atoms with Crippen molar-refractivity contribution in [3.63, 3.8) is 0 Å². The molecular weight excluding hydrogens is 384 g/mol. The van der Waals surface area contributed by atoms with Crippen molar-refractivity contribution in [2.24, 2.45) is 0 Å². The largest absolute Gasteiger partial charge is 0.455 e. The highest BCUT2D eigenvalue weighted by Crippen LogP contribution is 2.31. The second-order valence-corrected chi connectivity index (χ2v) is 7.64. The maximum absolute atomic E-state index is 12.9. The minimum absolute atomic E-state index is 0.0547. The molecule has 146 valence electrons. The SMILES string of the molecule is Cc1cc(C(C)Nc2ccccc2)c2oc(-c3cc(C)nc(Cl)c3)cc(=O)c2c1. The summed E-state index contributed by atoms with van der Waals surface area (Å²) in [5, 5.41) is 4.42. The third-order valence-corrected chi connectivity index (χ3v) is 5.03. The van der Waals surface area contributed by atoms with Crippen LogP contribution >= 0.6 is 11.6 Å². The Hall–Kier alpha value is -3.11. The zero-order valence-electron chi connectivity index (χ0n) is 16.5. The van der Waals surface area contributed by atoms with Crippen LogP contribution in [0.25, 0.3) is 22.3 Å². The Morgan fingerprint density at radius 3 is 2.52 bits per heavy atom. The summed E-state index contributed by atoms with van der Waals surface area (Å²) < 4.78 is 6.26. The van der Waals surface area contributed by atoms with Gasteiger partial charge in [0.2, 0.25) is 0 Å². The van der Waals surface area contributed by atoms with Gasteiger partial charge in [0, 0.05) is 28.6 Å². The van der Waals surface area contributed by atoms with Crippen molar-refractivity contribution in [2.45, 2.75) is 26.8 Å². The molecule has 4 aromatic rings. The number of benzene rings is 2. The summed E-state index contributed by atoms with van der Waals surface area (Å²) in [4.78, 5) is 17.1. The van der Waals surface area contributed by atoms with Crippen molar-refractivity contribution in [2.75, 3.05) is 5.32 Å². The second kappa shape index (κ2) is 7.72. The number of rotatable bonds is 4. The fourth-order valence-electron chi connectivity index (χ4n) is 3.53. The van der Waals surface area contributed by atoms with E-state index in [0.29, 0.717) is 21.9 Å². The molecule has 0 aliphatic carbocycles. The topological polar surface area (TPSA) is 55.1 Å². The molecule has 0 radical (unpaired) electrons. The maximum Gasteiger partial charge on any atom is 0.193 e. The molecule has 0 amide bonds. The van der Waals surface area contributed by atoms with Gasteiger partial charge in [-0.3, -0.25) is 4.79 Å². The molecular formula is C24H21ClN2O2. The number of hydrogen-bond acceptors (Lipinski definition) is 4. The fraction of sp³-hybridized carbons (Fsp3) is 0.167. The molecule has 2 heterocycles. The standard InChI is InChI=1S/C24H21ClN2O2/c1-14-9-19(16(3)27-18-7-5-4-6-8-18)24-20(10-14)21(28)13-22(29-24)17-11-15(2)26-23(25)12-17/h4-13,16,27H,1-3H3. The van der Waals surface area contributed by atoms with Crippen LogP contribution in [0, 0.1) is 13.8 Å². The van der Waals surface area contributed by atoms with E-state index in [-0.39, 0.29) is 11.5 Å². The molecule has 0 aliphatic heterocycles. The summed E-state index contributed by atoms with van der Waals surface area (Å²) in [5.41, 5.74) is 4.94. The zero-order valence-corrected chi connectivity index (χ0v) is 17.2. The first-order valence-electron chi connectivity index (χ1n) is 9.45. The van der Waals surface area contributed by atoms with E-state index in [2.05, 4.69) is 23.3 Å². The third kappa shape index (κ3) is 4.03. The highest BCUT2D eigenvalue weighted by atomic mass is 35.5. The summed E-state index contributed by atoms with van der Waals surface area (Å²) in [5.74, 6) is 0.479. The highest BCUT2D eigenvalue weighted by Gasteiger charge is 2.16. The van der Waals surface area contributed by atoms with Gasteiger partial charge in [-0.25, -0.2) is 4.98 Å². The van der Waals surface area contributed by atoms with E-state index in [1.165, 1.54) is 6.07 Å². The van der Waals surface area contributed by atoms with Crippen LogP contribution in [-0.2, 0) is 0 Å². The first-order valence-corrected chi connectivity index (χ1v) is 9.83. The van der Waals surface area contributed by atoms with Gasteiger partial charge in [-0.15, -0.1) is 0 Å². The molecule has 4 nitrogen and oxygen atoms in total. The van der Waals surface area contributed by atoms with Crippen molar-refractivity contribution in [1.82, 2.24) is 4.98 Å². The lowest BCUT2D eigenvalue weighted by atomic mass is 10.0. The van der Waals surface area contributed by atoms with E-state index in [9.17, 15) is 4.79 Å². The molecule has 0 saturated carbocycles. The minimum atomic E-state index is -0.0799. The molecule has 2 aromatic carbocycles. The first kappa shape index (κ1) is 19.2. The summed E-state index contributed by atoms with van der Waals surface area (Å²) in [6.07, 6.45) is 0. The highest BCUT2D eigenvalue weighted by molar-refractivity contribution is 6.29. The Bertz CT molecular complexity index is 1230. The lowest BCUT2D eigenvalue weighted by Gasteiger charge is -2.18. The predicted molar refractivity (Wildman–Crippen MR) is 119 cm³/mol. The van der Waals surface area contributed by atoms with Crippen LogP contribution < -0.4 is 10.7 Å². The summed E-state index contributed by atoms with van der Waals surface area (Å²) >= 11 is 6.11. The van der Waals surface area contributed by atoms with Crippen LogP contribution in [-0.4, -0.2) is 4.98 Å². The molecule has 0 saturated heterocycles. The fourth-order valence-corrected chi connectivity index (χ4v) is 3.78. The van der Waals surface area contributed by atoms with Crippen molar-refractivity contribution in [3.8, 4) is 11.3 Å².